The largest absolute Gasteiger partial charge is 0.461 e. The van der Waals surface area contributed by atoms with Crippen LogP contribution in [0, 0.1) is 0 Å². The third kappa shape index (κ3) is 5.17. The van der Waals surface area contributed by atoms with Crippen molar-refractivity contribution in [3.8, 4) is 11.3 Å². The first kappa shape index (κ1) is 16.7. The van der Waals surface area contributed by atoms with Crippen LogP contribution < -0.4 is 4.68 Å². The zero-order valence-corrected chi connectivity index (χ0v) is 13.8. The predicted molar refractivity (Wildman–Crippen MR) is 90.9 cm³/mol. The second-order valence-electron chi connectivity index (χ2n) is 5.54. The van der Waals surface area contributed by atoms with E-state index in [-0.39, 0.29) is 5.97 Å². The van der Waals surface area contributed by atoms with Crippen LogP contribution in [-0.2, 0) is 22.7 Å². The highest BCUT2D eigenvalue weighted by molar-refractivity contribution is 5.69. The van der Waals surface area contributed by atoms with Crippen LogP contribution in [-0.4, -0.2) is 21.3 Å². The Kier molecular flexibility index (Phi) is 5.77. The van der Waals surface area contributed by atoms with Crippen molar-refractivity contribution in [3.63, 3.8) is 0 Å². The lowest BCUT2D eigenvalue weighted by Crippen LogP contribution is -2.37. The molecule has 3 rings (SSSR count). The van der Waals surface area contributed by atoms with Crippen LogP contribution in [0.15, 0.2) is 67.1 Å². The van der Waals surface area contributed by atoms with Gasteiger partial charge in [0, 0.05) is 24.2 Å². The van der Waals surface area contributed by atoms with Crippen LogP contribution in [0.4, 0.5) is 0 Å². The van der Waals surface area contributed by atoms with Crippen molar-refractivity contribution in [3.05, 3.63) is 72.7 Å². The number of aryl methyl sites for hydroxylation is 1. The summed E-state index contributed by atoms with van der Waals surface area (Å²) < 4.78 is 7.06. The molecule has 0 bridgehead atoms. The highest BCUT2D eigenvalue weighted by Crippen LogP contribution is 2.11. The minimum atomic E-state index is -0.194. The molecule has 0 saturated heterocycles. The van der Waals surface area contributed by atoms with Gasteiger partial charge in [-0.05, 0) is 22.8 Å². The highest BCUT2D eigenvalue weighted by atomic mass is 16.5. The van der Waals surface area contributed by atoms with Crippen molar-refractivity contribution in [2.24, 2.45) is 0 Å². The van der Waals surface area contributed by atoms with Gasteiger partial charge in [0.1, 0.15) is 12.8 Å². The first-order valence-electron chi connectivity index (χ1n) is 8.15. The molecule has 1 aromatic carbocycles. The van der Waals surface area contributed by atoms with Crippen molar-refractivity contribution in [1.82, 2.24) is 15.3 Å². The predicted octanol–water partition coefficient (Wildman–Crippen LogP) is 2.35. The third-order valence-corrected chi connectivity index (χ3v) is 3.65. The number of benzene rings is 1. The first-order chi connectivity index (χ1) is 12.3. The molecule has 0 unspecified atom stereocenters. The van der Waals surface area contributed by atoms with Gasteiger partial charge in [0.25, 0.3) is 0 Å². The quantitative estimate of drug-likeness (QED) is 0.490. The van der Waals surface area contributed by atoms with Gasteiger partial charge in [-0.3, -0.25) is 4.79 Å². The molecule has 126 valence electrons. The van der Waals surface area contributed by atoms with Crippen LogP contribution >= 0.6 is 0 Å². The average Bonchev–Trinajstić information content (AvgIpc) is 2.68. The molecule has 0 fully saturated rings. The number of carbonyl (C=O) groups is 1. The van der Waals surface area contributed by atoms with Gasteiger partial charge >= 0.3 is 5.97 Å². The second kappa shape index (κ2) is 8.63. The van der Waals surface area contributed by atoms with Gasteiger partial charge in [0.15, 0.2) is 12.7 Å². The Morgan fingerprint density at radius 3 is 2.68 bits per heavy atom. The summed E-state index contributed by atoms with van der Waals surface area (Å²) in [5, 5.41) is 12.2. The summed E-state index contributed by atoms with van der Waals surface area (Å²) in [5.41, 5.74) is 2.68. The Morgan fingerprint density at radius 2 is 1.96 bits per heavy atom. The Balaban J connectivity index is 1.42. The van der Waals surface area contributed by atoms with Crippen molar-refractivity contribution < 1.29 is 14.2 Å². The lowest BCUT2D eigenvalue weighted by atomic mass is 10.2. The van der Waals surface area contributed by atoms with E-state index in [9.17, 15) is 4.79 Å². The van der Waals surface area contributed by atoms with E-state index in [0.717, 1.165) is 16.8 Å². The SMILES string of the molecule is O=C(CCC[n+]1ccc(-c2cccnn2)cn1)OCc1ccccc1. The Labute approximate surface area is 146 Å². The van der Waals surface area contributed by atoms with Crippen molar-refractivity contribution in [2.45, 2.75) is 26.0 Å². The molecule has 3 aromatic rings. The van der Waals surface area contributed by atoms with E-state index in [1.165, 1.54) is 0 Å². The Bertz CT molecular complexity index is 793. The van der Waals surface area contributed by atoms with Crippen LogP contribution in [0.3, 0.4) is 0 Å². The molecule has 25 heavy (non-hydrogen) atoms. The molecular formula is C19H19N4O2+. The van der Waals surface area contributed by atoms with E-state index in [1.54, 1.807) is 17.1 Å². The minimum Gasteiger partial charge on any atom is -0.461 e. The highest BCUT2D eigenvalue weighted by Gasteiger charge is 2.09. The van der Waals surface area contributed by atoms with Crippen molar-refractivity contribution in [2.75, 3.05) is 0 Å². The molecule has 0 saturated carbocycles. The molecular weight excluding hydrogens is 316 g/mol. The number of ether oxygens (including phenoxy) is 1. The van der Waals surface area contributed by atoms with Gasteiger partial charge in [-0.15, -0.1) is 0 Å². The van der Waals surface area contributed by atoms with Crippen LogP contribution in [0.2, 0.25) is 0 Å². The van der Waals surface area contributed by atoms with Gasteiger partial charge in [-0.2, -0.15) is 10.2 Å². The first-order valence-corrected chi connectivity index (χ1v) is 8.15. The minimum absolute atomic E-state index is 0.194. The molecule has 0 aliphatic rings. The molecule has 0 atom stereocenters. The smallest absolute Gasteiger partial charge is 0.306 e. The number of aromatic nitrogens is 4. The third-order valence-electron chi connectivity index (χ3n) is 3.65. The zero-order chi connectivity index (χ0) is 17.3. The summed E-state index contributed by atoms with van der Waals surface area (Å²) in [5.74, 6) is -0.194. The lowest BCUT2D eigenvalue weighted by molar-refractivity contribution is -0.754. The van der Waals surface area contributed by atoms with E-state index >= 15 is 0 Å². The van der Waals surface area contributed by atoms with Crippen LogP contribution in [0.5, 0.6) is 0 Å². The molecule has 6 heteroatoms. The topological polar surface area (TPSA) is 68.9 Å². The fraction of sp³-hybridized carbons (Fsp3) is 0.211. The van der Waals surface area contributed by atoms with Crippen LogP contribution in [0.1, 0.15) is 18.4 Å². The van der Waals surface area contributed by atoms with E-state index in [1.807, 2.05) is 54.7 Å². The summed E-state index contributed by atoms with van der Waals surface area (Å²) in [6.45, 7) is 0.971. The maximum Gasteiger partial charge on any atom is 0.306 e. The van der Waals surface area contributed by atoms with Gasteiger partial charge in [0.05, 0.1) is 12.1 Å². The van der Waals surface area contributed by atoms with E-state index in [2.05, 4.69) is 15.3 Å². The monoisotopic (exact) mass is 335 g/mol. The number of hydrogen-bond donors (Lipinski definition) is 0. The van der Waals surface area contributed by atoms with Gasteiger partial charge in [0.2, 0.25) is 0 Å². The van der Waals surface area contributed by atoms with E-state index < -0.39 is 0 Å². The number of esters is 1. The second-order valence-corrected chi connectivity index (χ2v) is 5.54. The molecule has 0 aliphatic heterocycles. The number of hydrogen-bond acceptors (Lipinski definition) is 5. The molecule has 0 N–H and O–H groups in total. The maximum atomic E-state index is 11.8. The summed E-state index contributed by atoms with van der Waals surface area (Å²) >= 11 is 0. The summed E-state index contributed by atoms with van der Waals surface area (Å²) in [6.07, 6.45) is 6.30. The zero-order valence-electron chi connectivity index (χ0n) is 13.8. The van der Waals surface area contributed by atoms with Gasteiger partial charge in [-0.1, -0.05) is 35.0 Å². The molecule has 2 aromatic heterocycles. The summed E-state index contributed by atoms with van der Waals surface area (Å²) in [4.78, 5) is 11.8. The Morgan fingerprint density at radius 1 is 1.08 bits per heavy atom. The standard InChI is InChI=1S/C19H19N4O2/c24-19(25-15-16-6-2-1-3-7-16)9-5-12-23-13-10-17(14-21-23)18-8-4-11-20-22-18/h1-4,6-8,10-11,13-14H,5,9,12,15H2/q+1. The molecule has 6 nitrogen and oxygen atoms in total. The van der Waals surface area contributed by atoms with Crippen molar-refractivity contribution in [1.29, 1.82) is 0 Å². The molecule has 0 spiro atoms. The van der Waals surface area contributed by atoms with Crippen molar-refractivity contribution >= 4 is 5.97 Å². The van der Waals surface area contributed by atoms with E-state index in [0.29, 0.717) is 26.0 Å². The molecule has 0 aliphatic carbocycles. The number of carbonyl (C=O) groups excluding carboxylic acids is 1. The van der Waals surface area contributed by atoms with E-state index in [4.69, 9.17) is 4.74 Å². The number of nitrogens with zero attached hydrogens (tertiary/aromatic N) is 4. The number of rotatable bonds is 7. The Hall–Kier alpha value is -3.15. The molecule has 2 heterocycles. The van der Waals surface area contributed by atoms with Crippen LogP contribution in [0.25, 0.3) is 11.3 Å². The van der Waals surface area contributed by atoms with Gasteiger partial charge in [-0.25, -0.2) is 0 Å². The van der Waals surface area contributed by atoms with Gasteiger partial charge < -0.3 is 4.74 Å². The molecule has 0 amide bonds. The lowest BCUT2D eigenvalue weighted by Gasteiger charge is -2.03. The normalized spacial score (nSPS) is 10.4. The molecule has 0 radical (unpaired) electrons. The summed E-state index contributed by atoms with van der Waals surface area (Å²) in [7, 11) is 0. The fourth-order valence-corrected chi connectivity index (χ4v) is 2.32. The fourth-order valence-electron chi connectivity index (χ4n) is 2.32. The average molecular weight is 335 g/mol. The summed E-state index contributed by atoms with van der Waals surface area (Å²) in [6, 6.07) is 15.3. The maximum absolute atomic E-state index is 11.8.